The van der Waals surface area contributed by atoms with Crippen molar-refractivity contribution in [3.63, 3.8) is 0 Å². The van der Waals surface area contributed by atoms with Gasteiger partial charge in [0.2, 0.25) is 0 Å². The maximum Gasteiger partial charge on any atom is 0.328 e. The molecule has 0 spiro atoms. The number of phenols is 1. The zero-order valence-electron chi connectivity index (χ0n) is 53.8. The molecule has 1 aliphatic heterocycles. The summed E-state index contributed by atoms with van der Waals surface area (Å²) in [6, 6.07) is 18.0. The predicted octanol–water partition coefficient (Wildman–Crippen LogP) is 13.8. The van der Waals surface area contributed by atoms with Gasteiger partial charge in [0.1, 0.15) is 28.9 Å². The summed E-state index contributed by atoms with van der Waals surface area (Å²) in [5.41, 5.74) is 23.1. The Hall–Kier alpha value is -5.70. The highest BCUT2D eigenvalue weighted by atomic mass is 33.1. The second-order valence-electron chi connectivity index (χ2n) is 23.2. The van der Waals surface area contributed by atoms with Gasteiger partial charge in [-0.1, -0.05) is 149 Å². The predicted molar refractivity (Wildman–Crippen MR) is 363 cm³/mol. The van der Waals surface area contributed by atoms with E-state index in [-0.39, 0.29) is 90.5 Å². The number of fused-ring (bicyclic) bond motifs is 1. The van der Waals surface area contributed by atoms with Crippen LogP contribution in [0.5, 0.6) is 5.75 Å². The summed E-state index contributed by atoms with van der Waals surface area (Å²) in [4.78, 5) is 88.7. The van der Waals surface area contributed by atoms with Crippen molar-refractivity contribution in [1.82, 2.24) is 0 Å². The maximum absolute atomic E-state index is 13.9. The fourth-order valence-electron chi connectivity index (χ4n) is 7.98. The average Bonchev–Trinajstić information content (AvgIpc) is 2.03. The van der Waals surface area contributed by atoms with E-state index in [4.69, 9.17) is 32.5 Å². The molecule has 0 aromatic heterocycles. The third-order valence-corrected chi connectivity index (χ3v) is 17.6. The van der Waals surface area contributed by atoms with Gasteiger partial charge in [0.25, 0.3) is 0 Å². The quantitative estimate of drug-likeness (QED) is 0.0235. The number of hydrogen-bond acceptors (Lipinski definition) is 15. The molecule has 1 aliphatic carbocycles. The van der Waals surface area contributed by atoms with Crippen molar-refractivity contribution in [3.05, 3.63) is 113 Å². The molecular formula is C69H104FN3O12S3. The first kappa shape index (κ1) is 84.4. The summed E-state index contributed by atoms with van der Waals surface area (Å²) >= 11 is 0. The largest absolute Gasteiger partial charge is 0.508 e. The number of aromatic hydroxyl groups is 1. The van der Waals surface area contributed by atoms with Gasteiger partial charge in [0.15, 0.2) is 17.3 Å². The first-order valence-electron chi connectivity index (χ1n) is 29.9. The summed E-state index contributed by atoms with van der Waals surface area (Å²) in [5.74, 6) is 0.0457. The number of phenolic OH excluding ortho intramolecular Hbond substituents is 1. The molecule has 0 saturated carbocycles. The summed E-state index contributed by atoms with van der Waals surface area (Å²) in [5, 5.41) is 26.4. The van der Waals surface area contributed by atoms with Crippen LogP contribution in [-0.2, 0) is 55.6 Å². The summed E-state index contributed by atoms with van der Waals surface area (Å²) < 4.78 is 25.4. The van der Waals surface area contributed by atoms with Crippen molar-refractivity contribution in [2.45, 2.75) is 190 Å². The first-order chi connectivity index (χ1) is 40.6. The van der Waals surface area contributed by atoms with Crippen LogP contribution >= 0.6 is 21.6 Å². The Kier molecular flexibility index (Phi) is 43.7. The Balaban J connectivity index is 0. The van der Waals surface area contributed by atoms with E-state index in [2.05, 4.69) is 0 Å². The van der Waals surface area contributed by atoms with Gasteiger partial charge in [-0.3, -0.25) is 37.8 Å². The zero-order chi connectivity index (χ0) is 66.7. The first-order valence-corrected chi connectivity index (χ1v) is 33.8. The molecule has 9 N–H and O–H groups in total. The Bertz CT molecular complexity index is 2780. The highest BCUT2D eigenvalue weighted by Crippen LogP contribution is 2.44. The van der Waals surface area contributed by atoms with E-state index in [1.807, 2.05) is 114 Å². The van der Waals surface area contributed by atoms with Gasteiger partial charge in [-0.2, -0.15) is 0 Å². The fourth-order valence-corrected chi connectivity index (χ4v) is 11.5. The van der Waals surface area contributed by atoms with Gasteiger partial charge >= 0.3 is 11.9 Å². The molecule has 15 nitrogen and oxygen atoms in total. The second-order valence-corrected chi connectivity index (χ2v) is 27.4. The minimum atomic E-state index is -1.09. The number of nitrogens with two attached hydrogens (primary N) is 3. The number of carbonyl (C=O) groups is 8. The van der Waals surface area contributed by atoms with Crippen LogP contribution in [-0.4, -0.2) is 102 Å². The number of ketones is 6. The van der Waals surface area contributed by atoms with E-state index in [0.29, 0.717) is 37.4 Å². The number of carboxylic acid groups (broad SMARTS) is 2. The van der Waals surface area contributed by atoms with Gasteiger partial charge in [0, 0.05) is 100 Å². The van der Waals surface area contributed by atoms with Crippen LogP contribution in [0.2, 0.25) is 0 Å². The molecule has 0 bridgehead atoms. The van der Waals surface area contributed by atoms with E-state index in [9.17, 15) is 47.0 Å². The number of unbranched alkanes of at least 4 members (excludes halogenated alkanes) is 1. The van der Waals surface area contributed by atoms with Gasteiger partial charge in [-0.25, -0.2) is 9.18 Å². The van der Waals surface area contributed by atoms with Crippen LogP contribution in [0, 0.1) is 41.3 Å². The van der Waals surface area contributed by atoms with Crippen LogP contribution in [0.25, 0.3) is 17.2 Å². The van der Waals surface area contributed by atoms with Crippen molar-refractivity contribution >= 4 is 96.2 Å². The number of Topliss-reactive ketones (excluding diaryl/α,β-unsaturated/α-hetero) is 5. The lowest BCUT2D eigenvalue weighted by Gasteiger charge is -2.12. The third-order valence-electron chi connectivity index (χ3n) is 13.7. The molecule has 5 rings (SSSR count). The minimum absolute atomic E-state index is 0. The molecule has 3 aromatic carbocycles. The number of carboxylic acids is 2. The minimum Gasteiger partial charge on any atom is -0.508 e. The highest BCUT2D eigenvalue weighted by molar-refractivity contribution is 8.77. The highest BCUT2D eigenvalue weighted by Gasteiger charge is 2.27. The Labute approximate surface area is 535 Å². The van der Waals surface area contributed by atoms with E-state index in [0.717, 1.165) is 80.5 Å². The summed E-state index contributed by atoms with van der Waals surface area (Å²) in [7, 11) is 3.03. The van der Waals surface area contributed by atoms with Gasteiger partial charge in [-0.15, -0.1) is 0 Å². The van der Waals surface area contributed by atoms with Gasteiger partial charge < -0.3 is 32.5 Å². The summed E-state index contributed by atoms with van der Waals surface area (Å²) in [6.07, 6.45) is 13.9. The molecule has 1 fully saturated rings. The van der Waals surface area contributed by atoms with E-state index in [1.54, 1.807) is 64.3 Å². The van der Waals surface area contributed by atoms with Gasteiger partial charge in [0.05, 0.1) is 12.1 Å². The number of halogens is 1. The molecule has 19 heteroatoms. The number of rotatable bonds is 27. The van der Waals surface area contributed by atoms with Crippen LogP contribution in [0.3, 0.4) is 0 Å². The van der Waals surface area contributed by atoms with Gasteiger partial charge in [-0.05, 0) is 140 Å². The lowest BCUT2D eigenvalue weighted by atomic mass is 9.96. The van der Waals surface area contributed by atoms with E-state index in [1.165, 1.54) is 37.1 Å². The lowest BCUT2D eigenvalue weighted by Crippen LogP contribution is -2.35. The lowest BCUT2D eigenvalue weighted by molar-refractivity contribution is -0.137. The number of aliphatic carboxylic acids is 2. The fraction of sp³-hybridized carbons (Fsp3) is 0.536. The van der Waals surface area contributed by atoms with Crippen LogP contribution in [0.15, 0.2) is 89.4 Å². The van der Waals surface area contributed by atoms with Crippen molar-refractivity contribution in [2.24, 2.45) is 52.7 Å². The smallest absolute Gasteiger partial charge is 0.328 e. The normalized spacial score (nSPS) is 14.6. The van der Waals surface area contributed by atoms with Crippen molar-refractivity contribution in [3.8, 4) is 5.75 Å². The number of benzene rings is 3. The zero-order valence-corrected chi connectivity index (χ0v) is 56.3. The summed E-state index contributed by atoms with van der Waals surface area (Å²) in [6.45, 7) is 24.8. The monoisotopic (exact) mass is 1280 g/mol. The molecule has 0 radical (unpaired) electrons. The second kappa shape index (κ2) is 45.5. The molecule has 88 heavy (non-hydrogen) atoms. The van der Waals surface area contributed by atoms with Crippen molar-refractivity contribution in [2.75, 3.05) is 18.6 Å². The molecule has 1 saturated heterocycles. The Morgan fingerprint density at radius 3 is 1.66 bits per heavy atom. The standard InChI is InChI=1S/C23H23FO2S.C12H17NO2.C11H20OS2.C8H15NO3.C7H15NO.C7H10O3.CH4/c1-14(2)23(25)13-21-15(3)20(19-10-7-17(24)12-22(19)21)11-16-5-8-18(9-6-16)27(4)26;1-8(2)12(15)11(13)7-9-3-5-10(14)6-4-9;1-9(2)11(12)6-4-3-5-10-7-8-13-14-10;1-5(2)8(12)6(9)3-4-7(10)11;1-6(2)7(9)4-3-5-8;1-5(2)6(8)3-4-7(9)10;/h5-12,14H,13H2,1-4H3;3-6,8,11,14H,7,13H2,1-2H3;9-10H,3-8H2,1-2H3;5-6H,3-4,9H2,1-2H3,(H,10,11);6H,3-5,8H2,1-2H3;3-5H,1-2H3,(H,9,10);1H4/b20-11-;;;;;4-3+;/t;11-;10-;;;;/m.01..../s1. The van der Waals surface area contributed by atoms with E-state index < -0.39 is 34.8 Å². The molecule has 0 amide bonds. The molecule has 4 atom stereocenters. The van der Waals surface area contributed by atoms with E-state index >= 15 is 0 Å². The number of allylic oxidation sites excluding steroid dienone is 4. The number of hydrogen-bond donors (Lipinski definition) is 6. The average molecular weight is 1280 g/mol. The SMILES string of the molecule is C.CC(C)C(=O)/C=C/C(=O)O.CC(C)C(=O)C(N)CCC(=O)O.CC(C)C(=O)CCCC[C@@H]1CCSS1.CC(C)C(=O)CCCN.CC(C)C(=O)[C@@H](N)Cc1ccc(O)cc1.CC1=C(CC(=O)C(C)C)c2cc(F)ccc2/C1=C\c1ccc(S(C)=O)cc1. The molecule has 1 heterocycles. The van der Waals surface area contributed by atoms with Crippen molar-refractivity contribution < 1.29 is 62.3 Å². The Morgan fingerprint density at radius 1 is 0.670 bits per heavy atom. The van der Waals surface area contributed by atoms with Crippen LogP contribution in [0.4, 0.5) is 4.39 Å². The number of carbonyl (C=O) groups excluding carboxylic acids is 6. The molecule has 2 aliphatic rings. The van der Waals surface area contributed by atoms with Crippen LogP contribution in [0.1, 0.15) is 184 Å². The molecular weight excluding hydrogens is 1180 g/mol. The maximum atomic E-state index is 13.9. The molecule has 2 unspecified atom stereocenters. The van der Waals surface area contributed by atoms with Crippen molar-refractivity contribution in [1.29, 1.82) is 0 Å². The third kappa shape index (κ3) is 35.5. The Morgan fingerprint density at radius 2 is 1.20 bits per heavy atom. The molecule has 3 aromatic rings. The van der Waals surface area contributed by atoms with Crippen LogP contribution < -0.4 is 17.2 Å². The topological polar surface area (TPSA) is 292 Å². The molecule has 492 valence electrons.